The van der Waals surface area contributed by atoms with E-state index in [0.717, 1.165) is 36.3 Å². The monoisotopic (exact) mass is 350 g/mol. The van der Waals surface area contributed by atoms with Crippen molar-refractivity contribution in [1.82, 2.24) is 4.90 Å². The summed E-state index contributed by atoms with van der Waals surface area (Å²) >= 11 is 0. The summed E-state index contributed by atoms with van der Waals surface area (Å²) in [6, 6.07) is 12.9. The zero-order valence-corrected chi connectivity index (χ0v) is 15.7. The van der Waals surface area contributed by atoms with Crippen LogP contribution in [0.5, 0.6) is 0 Å². The first-order chi connectivity index (χ1) is 12.4. The molecule has 0 saturated carbocycles. The van der Waals surface area contributed by atoms with Crippen molar-refractivity contribution in [2.45, 2.75) is 33.6 Å². The topological polar surface area (TPSA) is 49.4 Å². The lowest BCUT2D eigenvalue weighted by Gasteiger charge is -2.31. The number of anilines is 1. The van der Waals surface area contributed by atoms with E-state index in [1.54, 1.807) is 24.3 Å². The van der Waals surface area contributed by atoms with Crippen molar-refractivity contribution < 1.29 is 9.59 Å². The van der Waals surface area contributed by atoms with Crippen LogP contribution < -0.4 is 5.32 Å². The van der Waals surface area contributed by atoms with Crippen molar-refractivity contribution in [1.29, 1.82) is 0 Å². The fourth-order valence-corrected chi connectivity index (χ4v) is 3.39. The van der Waals surface area contributed by atoms with Gasteiger partial charge in [-0.3, -0.25) is 9.59 Å². The number of rotatable bonds is 3. The minimum atomic E-state index is -0.163. The number of piperidine rings is 1. The van der Waals surface area contributed by atoms with Crippen LogP contribution in [-0.4, -0.2) is 29.8 Å². The molecule has 2 aromatic carbocycles. The van der Waals surface area contributed by atoms with E-state index < -0.39 is 0 Å². The van der Waals surface area contributed by atoms with Gasteiger partial charge in [0.1, 0.15) is 0 Å². The molecule has 1 aliphatic rings. The first-order valence-electron chi connectivity index (χ1n) is 9.22. The van der Waals surface area contributed by atoms with Crippen LogP contribution in [0.25, 0.3) is 0 Å². The summed E-state index contributed by atoms with van der Waals surface area (Å²) in [6.07, 6.45) is 2.24. The summed E-state index contributed by atoms with van der Waals surface area (Å²) in [6.45, 7) is 7.78. The molecule has 4 heteroatoms. The molecule has 0 aliphatic carbocycles. The first kappa shape index (κ1) is 18.2. The number of carbonyl (C=O) groups is 2. The molecule has 0 radical (unpaired) electrons. The molecule has 3 rings (SSSR count). The maximum absolute atomic E-state index is 12.6. The van der Waals surface area contributed by atoms with Gasteiger partial charge >= 0.3 is 0 Å². The van der Waals surface area contributed by atoms with Crippen LogP contribution in [-0.2, 0) is 0 Å². The number of benzene rings is 2. The zero-order chi connectivity index (χ0) is 18.7. The van der Waals surface area contributed by atoms with Crippen LogP contribution in [0.1, 0.15) is 51.6 Å². The van der Waals surface area contributed by atoms with Crippen LogP contribution in [0.2, 0.25) is 0 Å². The molecular formula is C22H26N2O2. The third-order valence-electron chi connectivity index (χ3n) is 4.98. The predicted molar refractivity (Wildman–Crippen MR) is 105 cm³/mol. The number of hydrogen-bond donors (Lipinski definition) is 1. The van der Waals surface area contributed by atoms with Crippen molar-refractivity contribution in [2.24, 2.45) is 5.92 Å². The van der Waals surface area contributed by atoms with Crippen LogP contribution in [0.4, 0.5) is 5.69 Å². The molecule has 136 valence electrons. The molecule has 1 unspecified atom stereocenters. The van der Waals surface area contributed by atoms with E-state index in [4.69, 9.17) is 0 Å². The molecule has 1 heterocycles. The maximum Gasteiger partial charge on any atom is 0.255 e. The highest BCUT2D eigenvalue weighted by Gasteiger charge is 2.22. The number of likely N-dealkylation sites (tertiary alicyclic amines) is 1. The Bertz CT molecular complexity index is 811. The summed E-state index contributed by atoms with van der Waals surface area (Å²) in [5, 5.41) is 2.95. The predicted octanol–water partition coefficient (Wildman–Crippen LogP) is 4.43. The Labute approximate surface area is 155 Å². The number of aryl methyl sites for hydroxylation is 2. The molecule has 2 amide bonds. The average Bonchev–Trinajstić information content (AvgIpc) is 2.64. The standard InChI is InChI=1S/C22H26N2O2/c1-15-6-7-17(3)20(13-15)23-21(25)18-8-10-19(11-9-18)22(26)24-12-4-5-16(2)14-24/h6-11,13,16H,4-5,12,14H2,1-3H3,(H,23,25). The van der Waals surface area contributed by atoms with Gasteiger partial charge in [-0.2, -0.15) is 0 Å². The lowest BCUT2D eigenvalue weighted by molar-refractivity contribution is 0.0682. The summed E-state index contributed by atoms with van der Waals surface area (Å²) < 4.78 is 0. The lowest BCUT2D eigenvalue weighted by atomic mass is 9.99. The fourth-order valence-electron chi connectivity index (χ4n) is 3.39. The van der Waals surface area contributed by atoms with Gasteiger partial charge < -0.3 is 10.2 Å². The van der Waals surface area contributed by atoms with Crippen LogP contribution in [0.3, 0.4) is 0 Å². The molecule has 26 heavy (non-hydrogen) atoms. The van der Waals surface area contributed by atoms with Gasteiger partial charge in [0.15, 0.2) is 0 Å². The number of hydrogen-bond acceptors (Lipinski definition) is 2. The van der Waals surface area contributed by atoms with E-state index in [1.807, 2.05) is 36.9 Å². The van der Waals surface area contributed by atoms with Gasteiger partial charge in [-0.1, -0.05) is 19.1 Å². The number of carbonyl (C=O) groups excluding carboxylic acids is 2. The van der Waals surface area contributed by atoms with Gasteiger partial charge in [0.25, 0.3) is 11.8 Å². The Morgan fingerprint density at radius 3 is 2.42 bits per heavy atom. The van der Waals surface area contributed by atoms with Crippen LogP contribution in [0.15, 0.2) is 42.5 Å². The van der Waals surface area contributed by atoms with Crippen LogP contribution >= 0.6 is 0 Å². The molecular weight excluding hydrogens is 324 g/mol. The first-order valence-corrected chi connectivity index (χ1v) is 9.22. The molecule has 4 nitrogen and oxygen atoms in total. The lowest BCUT2D eigenvalue weighted by Crippen LogP contribution is -2.39. The third-order valence-corrected chi connectivity index (χ3v) is 4.98. The minimum absolute atomic E-state index is 0.0537. The van der Waals surface area contributed by atoms with Gasteiger partial charge in [0.2, 0.25) is 0 Å². The second-order valence-corrected chi connectivity index (χ2v) is 7.35. The van der Waals surface area contributed by atoms with E-state index in [1.165, 1.54) is 6.42 Å². The fraction of sp³-hybridized carbons (Fsp3) is 0.364. The Morgan fingerprint density at radius 2 is 1.73 bits per heavy atom. The van der Waals surface area contributed by atoms with Crippen molar-refractivity contribution >= 4 is 17.5 Å². The van der Waals surface area contributed by atoms with Crippen molar-refractivity contribution in [3.63, 3.8) is 0 Å². The Balaban J connectivity index is 1.69. The number of nitrogens with one attached hydrogen (secondary N) is 1. The summed E-state index contributed by atoms with van der Waals surface area (Å²) in [5.41, 5.74) is 4.13. The smallest absolute Gasteiger partial charge is 0.255 e. The van der Waals surface area contributed by atoms with Crippen molar-refractivity contribution in [3.05, 3.63) is 64.7 Å². The van der Waals surface area contributed by atoms with Crippen molar-refractivity contribution in [2.75, 3.05) is 18.4 Å². The van der Waals surface area contributed by atoms with E-state index in [-0.39, 0.29) is 11.8 Å². The van der Waals surface area contributed by atoms with E-state index in [9.17, 15) is 9.59 Å². The van der Waals surface area contributed by atoms with Gasteiger partial charge in [-0.05, 0) is 74.1 Å². The van der Waals surface area contributed by atoms with Crippen LogP contribution in [0, 0.1) is 19.8 Å². The number of amides is 2. The largest absolute Gasteiger partial charge is 0.338 e. The molecule has 1 saturated heterocycles. The normalized spacial score (nSPS) is 17.0. The maximum atomic E-state index is 12.6. The van der Waals surface area contributed by atoms with E-state index in [0.29, 0.717) is 17.0 Å². The summed E-state index contributed by atoms with van der Waals surface area (Å²) in [5.74, 6) is 0.442. The highest BCUT2D eigenvalue weighted by molar-refractivity contribution is 6.05. The SMILES string of the molecule is Cc1ccc(C)c(NC(=O)c2ccc(C(=O)N3CCCC(C)C3)cc2)c1. The zero-order valence-electron chi connectivity index (χ0n) is 15.7. The third kappa shape index (κ3) is 4.13. The summed E-state index contributed by atoms with van der Waals surface area (Å²) in [7, 11) is 0. The highest BCUT2D eigenvalue weighted by Crippen LogP contribution is 2.20. The van der Waals surface area contributed by atoms with Gasteiger partial charge in [0.05, 0.1) is 0 Å². The Hall–Kier alpha value is -2.62. The van der Waals surface area contributed by atoms with Gasteiger partial charge in [-0.15, -0.1) is 0 Å². The molecule has 1 aliphatic heterocycles. The second kappa shape index (κ2) is 7.73. The molecule has 0 aromatic heterocycles. The molecule has 2 aromatic rings. The van der Waals surface area contributed by atoms with Gasteiger partial charge in [0, 0.05) is 29.9 Å². The molecule has 0 bridgehead atoms. The van der Waals surface area contributed by atoms with E-state index in [2.05, 4.69) is 12.2 Å². The van der Waals surface area contributed by atoms with Gasteiger partial charge in [-0.25, -0.2) is 0 Å². The summed E-state index contributed by atoms with van der Waals surface area (Å²) in [4.78, 5) is 27.0. The molecule has 1 atom stereocenters. The second-order valence-electron chi connectivity index (χ2n) is 7.35. The highest BCUT2D eigenvalue weighted by atomic mass is 16.2. The van der Waals surface area contributed by atoms with Crippen molar-refractivity contribution in [3.8, 4) is 0 Å². The Kier molecular flexibility index (Phi) is 5.40. The van der Waals surface area contributed by atoms with E-state index >= 15 is 0 Å². The minimum Gasteiger partial charge on any atom is -0.338 e. The Morgan fingerprint density at radius 1 is 1.04 bits per heavy atom. The average molecular weight is 350 g/mol. The molecule has 1 N–H and O–H groups in total. The number of nitrogens with zero attached hydrogens (tertiary/aromatic N) is 1. The molecule has 0 spiro atoms. The molecule has 1 fully saturated rings. The quantitative estimate of drug-likeness (QED) is 0.890.